The summed E-state index contributed by atoms with van der Waals surface area (Å²) in [6.45, 7) is 2.74. The van der Waals surface area contributed by atoms with Gasteiger partial charge in [-0.25, -0.2) is 31.3 Å². The van der Waals surface area contributed by atoms with Crippen molar-refractivity contribution in [3.8, 4) is 47.3 Å². The third-order valence-corrected chi connectivity index (χ3v) is 8.15. The van der Waals surface area contributed by atoms with Crippen LogP contribution in [0.1, 0.15) is 22.3 Å². The summed E-state index contributed by atoms with van der Waals surface area (Å²) >= 11 is 3.18. The maximum atomic E-state index is 13.7. The van der Waals surface area contributed by atoms with Crippen LogP contribution in [-0.4, -0.2) is 150 Å². The number of ether oxygens (including phenoxy) is 9. The standard InChI is InChI=1S/C13H16FN3O2.C10H9F2NO2.C10H11FN2O2.C7H3F2NO.C5H13NO2.C3H7BrO/c1-17(2)9-16-13-7-10(19-5-4-18-3)6-12(14)11(13)8-15;1-14-2-3-15-7-4-9(11)8(6-13)10(12)5-7;1-14-2-3-15-7-4-9(11)8(6-12)10(13)5-7;8-6-1-4(11)2-7(9)5(6)3-10;1-6(2)5(7-3)8-4;1-5-3-2-4/h6-7,9H,4-5H2,1-3H3;4-5H,2-3H2,1H3;4-5H,2-3,13H2,1H3;1-2,11H;5H,1-4H3;2-3H2,1H3. The summed E-state index contributed by atoms with van der Waals surface area (Å²) in [5.41, 5.74) is 4.24. The number of nitrogen functional groups attached to an aromatic ring is 1. The highest BCUT2D eigenvalue weighted by atomic mass is 79.9. The molecule has 0 spiro atoms. The van der Waals surface area contributed by atoms with Crippen LogP contribution in [0.4, 0.5) is 37.7 Å². The summed E-state index contributed by atoms with van der Waals surface area (Å²) in [7, 11) is 16.8. The fourth-order valence-corrected chi connectivity index (χ4v) is 4.90. The van der Waals surface area contributed by atoms with Crippen molar-refractivity contribution in [2.24, 2.45) is 4.99 Å². The van der Waals surface area contributed by atoms with Crippen LogP contribution in [0.3, 0.4) is 0 Å². The van der Waals surface area contributed by atoms with Crippen molar-refractivity contribution < 1.29 is 74.1 Å². The molecule has 0 unspecified atom stereocenters. The summed E-state index contributed by atoms with van der Waals surface area (Å²) in [5.74, 6) is -5.15. The third-order valence-electron chi connectivity index (χ3n) is 7.83. The van der Waals surface area contributed by atoms with E-state index in [1.54, 1.807) is 59.6 Å². The fraction of sp³-hybridized carbons (Fsp3) is 0.396. The molecule has 0 aromatic heterocycles. The average molecular weight is 1100 g/mol. The number of hydrogen-bond acceptors (Lipinski definition) is 17. The van der Waals surface area contributed by atoms with Gasteiger partial charge in [-0.2, -0.15) is 21.0 Å². The normalized spacial score (nSPS) is 9.90. The van der Waals surface area contributed by atoms with Crippen LogP contribution in [0.15, 0.2) is 53.5 Å². The Balaban J connectivity index is 0. The van der Waals surface area contributed by atoms with Gasteiger partial charge in [-0.05, 0) is 14.1 Å². The Bertz CT molecular complexity index is 2280. The Hall–Kier alpha value is -6.91. The van der Waals surface area contributed by atoms with Crippen molar-refractivity contribution in [3.05, 3.63) is 106 Å². The number of phenols is 1. The third kappa shape index (κ3) is 28.7. The van der Waals surface area contributed by atoms with Crippen molar-refractivity contribution in [1.82, 2.24) is 9.80 Å². The number of nitriles is 4. The number of nitrogens with zero attached hydrogens (tertiary/aromatic N) is 7. The van der Waals surface area contributed by atoms with Gasteiger partial charge in [0.15, 0.2) is 0 Å². The van der Waals surface area contributed by atoms with Gasteiger partial charge >= 0.3 is 0 Å². The molecule has 4 aromatic carbocycles. The van der Waals surface area contributed by atoms with E-state index in [-0.39, 0.29) is 41.3 Å². The van der Waals surface area contributed by atoms with Crippen molar-refractivity contribution >= 4 is 33.6 Å². The summed E-state index contributed by atoms with van der Waals surface area (Å²) in [4.78, 5) is 7.58. The maximum absolute atomic E-state index is 13.7. The van der Waals surface area contributed by atoms with Crippen molar-refractivity contribution in [3.63, 3.8) is 0 Å². The van der Waals surface area contributed by atoms with E-state index in [0.29, 0.717) is 56.7 Å². The van der Waals surface area contributed by atoms with E-state index >= 15 is 0 Å². The van der Waals surface area contributed by atoms with Crippen molar-refractivity contribution in [1.29, 1.82) is 21.0 Å². The molecule has 400 valence electrons. The van der Waals surface area contributed by atoms with Crippen molar-refractivity contribution in [2.75, 3.05) is 128 Å². The number of aliphatic imine (C=N–C) groups is 1. The van der Waals surface area contributed by atoms with E-state index in [1.165, 1.54) is 50.9 Å². The molecule has 18 nitrogen and oxygen atoms in total. The predicted molar refractivity (Wildman–Crippen MR) is 262 cm³/mol. The Morgan fingerprint density at radius 3 is 1.18 bits per heavy atom. The zero-order valence-electron chi connectivity index (χ0n) is 41.9. The SMILES string of the molecule is COC(OC)N(C)C.COCCBr.COCCOc1cc(F)c(C#N)c(F)c1.COCCOc1cc(F)c(C#N)c(N=CN(C)C)c1.COCCOc1cc(N)c(C#N)c(F)c1.N#Cc1c(F)cc(O)cc1F. The molecule has 0 aliphatic heterocycles. The number of phenolic OH excluding ortho intramolecular Hbond substituents is 1. The Morgan fingerprint density at radius 2 is 0.890 bits per heavy atom. The number of benzene rings is 4. The summed E-state index contributed by atoms with van der Waals surface area (Å²) in [5, 5.41) is 43.7. The van der Waals surface area contributed by atoms with Gasteiger partial charge in [-0.15, -0.1) is 0 Å². The molecule has 0 aliphatic rings. The lowest BCUT2D eigenvalue weighted by molar-refractivity contribution is -0.179. The second-order valence-electron chi connectivity index (χ2n) is 13.8. The molecule has 4 rings (SSSR count). The number of halogens is 7. The van der Waals surface area contributed by atoms with E-state index in [1.807, 2.05) is 19.0 Å². The van der Waals surface area contributed by atoms with E-state index < -0.39 is 51.8 Å². The quantitative estimate of drug-likeness (QED) is 0.0173. The maximum Gasteiger partial charge on any atom is 0.217 e. The van der Waals surface area contributed by atoms with Gasteiger partial charge in [0.05, 0.1) is 44.1 Å². The first-order valence-corrected chi connectivity index (χ1v) is 21.9. The topological polar surface area (TPSA) is 243 Å². The number of aromatic hydroxyl groups is 1. The number of nitrogens with two attached hydrogens (primary N) is 1. The van der Waals surface area contributed by atoms with Gasteiger partial charge in [0.2, 0.25) is 6.41 Å². The van der Waals surface area contributed by atoms with Crippen molar-refractivity contribution in [2.45, 2.75) is 6.41 Å². The lowest BCUT2D eigenvalue weighted by Gasteiger charge is -2.19. The smallest absolute Gasteiger partial charge is 0.217 e. The highest BCUT2D eigenvalue weighted by Gasteiger charge is 2.13. The Kier molecular flexibility index (Phi) is 38.0. The second kappa shape index (κ2) is 40.7. The first-order chi connectivity index (χ1) is 34.7. The molecule has 25 heteroatoms. The van der Waals surface area contributed by atoms with Gasteiger partial charge in [0, 0.05) is 111 Å². The molecule has 0 fully saturated rings. The zero-order chi connectivity index (χ0) is 55.9. The first kappa shape index (κ1) is 68.2. The minimum absolute atomic E-state index is 0.0426. The van der Waals surface area contributed by atoms with Gasteiger partial charge in [0.25, 0.3) is 0 Å². The average Bonchev–Trinajstić information content (AvgIpc) is 3.32. The first-order valence-electron chi connectivity index (χ1n) is 20.8. The molecule has 0 aliphatic carbocycles. The Morgan fingerprint density at radius 1 is 0.548 bits per heavy atom. The van der Waals surface area contributed by atoms with Crippen LogP contribution < -0.4 is 19.9 Å². The highest BCUT2D eigenvalue weighted by Crippen LogP contribution is 2.28. The summed E-state index contributed by atoms with van der Waals surface area (Å²) in [6, 6.07) is 14.8. The molecular weight excluding hydrogens is 1040 g/mol. The van der Waals surface area contributed by atoms with Crippen LogP contribution >= 0.6 is 15.9 Å². The number of anilines is 1. The number of hydrogen-bond donors (Lipinski definition) is 2. The molecule has 0 atom stereocenters. The molecule has 0 radical (unpaired) electrons. The molecule has 0 bridgehead atoms. The molecule has 0 amide bonds. The molecule has 0 saturated carbocycles. The number of methoxy groups -OCH3 is 6. The van der Waals surface area contributed by atoms with Gasteiger partial charge in [0.1, 0.15) is 124 Å². The summed E-state index contributed by atoms with van der Waals surface area (Å²) in [6.07, 6.45) is 1.28. The summed E-state index contributed by atoms with van der Waals surface area (Å²) < 4.78 is 122. The molecule has 4 aromatic rings. The molecule has 0 heterocycles. The highest BCUT2D eigenvalue weighted by molar-refractivity contribution is 9.09. The molecule has 0 saturated heterocycles. The van der Waals surface area contributed by atoms with E-state index in [4.69, 9.17) is 69.8 Å². The lowest BCUT2D eigenvalue weighted by Crippen LogP contribution is -2.30. The van der Waals surface area contributed by atoms with Crippen LogP contribution in [0.2, 0.25) is 0 Å². The molecule has 3 N–H and O–H groups in total. The van der Waals surface area contributed by atoms with E-state index in [9.17, 15) is 26.3 Å². The van der Waals surface area contributed by atoms with E-state index in [0.717, 1.165) is 30.1 Å². The number of alkyl halides is 1. The van der Waals surface area contributed by atoms with E-state index in [2.05, 4.69) is 25.7 Å². The second-order valence-corrected chi connectivity index (χ2v) is 14.6. The molecular formula is C48H59BrF6N8O10. The lowest BCUT2D eigenvalue weighted by atomic mass is 10.2. The number of rotatable bonds is 19. The Labute approximate surface area is 429 Å². The van der Waals surface area contributed by atoms with Crippen LogP contribution in [0.25, 0.3) is 0 Å². The monoisotopic (exact) mass is 1100 g/mol. The largest absolute Gasteiger partial charge is 0.508 e. The predicted octanol–water partition coefficient (Wildman–Crippen LogP) is 7.80. The minimum atomic E-state index is -1.05. The van der Waals surface area contributed by atoms with Gasteiger partial charge < -0.3 is 58.4 Å². The molecule has 73 heavy (non-hydrogen) atoms. The minimum Gasteiger partial charge on any atom is -0.508 e. The van der Waals surface area contributed by atoms with Crippen LogP contribution in [0, 0.1) is 80.2 Å². The zero-order valence-corrected chi connectivity index (χ0v) is 43.5. The van der Waals surface area contributed by atoms with Crippen LogP contribution in [0.5, 0.6) is 23.0 Å². The van der Waals surface area contributed by atoms with Gasteiger partial charge in [-0.1, -0.05) is 15.9 Å². The van der Waals surface area contributed by atoms with Gasteiger partial charge in [-0.3, -0.25) is 4.90 Å². The van der Waals surface area contributed by atoms with Crippen LogP contribution in [-0.2, 0) is 28.4 Å². The fourth-order valence-electron chi connectivity index (χ4n) is 4.57.